The van der Waals surface area contributed by atoms with Gasteiger partial charge in [0.25, 0.3) is 5.91 Å². The van der Waals surface area contributed by atoms with E-state index >= 15 is 0 Å². The number of carbonyl (C=O) groups excluding carboxylic acids is 2. The van der Waals surface area contributed by atoms with E-state index < -0.39 is 15.9 Å². The number of ether oxygens (including phenoxy) is 1. The van der Waals surface area contributed by atoms with Gasteiger partial charge in [-0.3, -0.25) is 14.3 Å². The summed E-state index contributed by atoms with van der Waals surface area (Å²) in [5.41, 5.74) is 0.856. The van der Waals surface area contributed by atoms with Gasteiger partial charge in [0.15, 0.2) is 0 Å². The molecule has 0 aliphatic rings. The van der Waals surface area contributed by atoms with Crippen molar-refractivity contribution in [3.05, 3.63) is 47.0 Å². The molecule has 0 bridgehead atoms. The second-order valence-electron chi connectivity index (χ2n) is 7.12. The summed E-state index contributed by atoms with van der Waals surface area (Å²) in [5.74, 6) is -0.0817. The molecule has 162 valence electrons. The van der Waals surface area contributed by atoms with E-state index in [1.807, 2.05) is 13.8 Å². The zero-order valence-electron chi connectivity index (χ0n) is 17.1. The second kappa shape index (κ2) is 9.82. The van der Waals surface area contributed by atoms with Crippen molar-refractivity contribution in [2.45, 2.75) is 20.8 Å². The Morgan fingerprint density at radius 1 is 1.07 bits per heavy atom. The Hall–Kier alpha value is -2.78. The molecule has 10 heteroatoms. The summed E-state index contributed by atoms with van der Waals surface area (Å²) >= 11 is 6.23. The predicted octanol–water partition coefficient (Wildman–Crippen LogP) is 3.96. The minimum absolute atomic E-state index is 0.0305. The van der Waals surface area contributed by atoms with E-state index in [0.717, 1.165) is 6.26 Å². The summed E-state index contributed by atoms with van der Waals surface area (Å²) < 4.78 is 31.2. The summed E-state index contributed by atoms with van der Waals surface area (Å²) in [6.07, 6.45) is 0.978. The molecule has 0 aliphatic heterocycles. The lowest BCUT2D eigenvalue weighted by atomic mass is 10.1. The molecule has 3 N–H and O–H groups in total. The van der Waals surface area contributed by atoms with Gasteiger partial charge in [-0.25, -0.2) is 8.42 Å². The fourth-order valence-electron chi connectivity index (χ4n) is 2.45. The molecule has 0 fully saturated rings. The molecule has 0 saturated carbocycles. The molecule has 0 radical (unpaired) electrons. The molecule has 0 atom stereocenters. The Morgan fingerprint density at radius 3 is 2.27 bits per heavy atom. The van der Waals surface area contributed by atoms with Crippen LogP contribution in [-0.2, 0) is 14.8 Å². The Kier molecular flexibility index (Phi) is 7.69. The lowest BCUT2D eigenvalue weighted by Gasteiger charge is -2.14. The quantitative estimate of drug-likeness (QED) is 0.559. The summed E-state index contributed by atoms with van der Waals surface area (Å²) in [7, 11) is -3.62. The molecule has 0 aromatic heterocycles. The van der Waals surface area contributed by atoms with E-state index in [1.165, 1.54) is 31.2 Å². The Morgan fingerprint density at radius 2 is 1.70 bits per heavy atom. The van der Waals surface area contributed by atoms with Gasteiger partial charge in [0.1, 0.15) is 5.75 Å². The molecule has 0 unspecified atom stereocenters. The highest BCUT2D eigenvalue weighted by atomic mass is 35.5. The first-order chi connectivity index (χ1) is 13.9. The molecule has 0 saturated heterocycles. The maximum absolute atomic E-state index is 12.8. The van der Waals surface area contributed by atoms with Crippen LogP contribution in [0.3, 0.4) is 0 Å². The molecular weight excluding hydrogens is 430 g/mol. The first kappa shape index (κ1) is 23.5. The van der Waals surface area contributed by atoms with E-state index in [0.29, 0.717) is 34.7 Å². The lowest BCUT2D eigenvalue weighted by Crippen LogP contribution is -2.18. The average Bonchev–Trinajstić information content (AvgIpc) is 2.60. The van der Waals surface area contributed by atoms with Gasteiger partial charge in [-0.05, 0) is 42.3 Å². The summed E-state index contributed by atoms with van der Waals surface area (Å²) in [5, 5.41) is 5.56. The minimum atomic E-state index is -3.62. The first-order valence-electron chi connectivity index (χ1n) is 9.07. The molecule has 30 heavy (non-hydrogen) atoms. The third-order valence-corrected chi connectivity index (χ3v) is 4.53. The van der Waals surface area contributed by atoms with Crippen molar-refractivity contribution in [2.75, 3.05) is 28.2 Å². The van der Waals surface area contributed by atoms with Crippen LogP contribution in [0.25, 0.3) is 0 Å². The van der Waals surface area contributed by atoms with Crippen molar-refractivity contribution in [3.8, 4) is 5.75 Å². The van der Waals surface area contributed by atoms with Gasteiger partial charge in [0.05, 0.1) is 29.1 Å². The van der Waals surface area contributed by atoms with Crippen molar-refractivity contribution < 1.29 is 22.7 Å². The molecule has 0 heterocycles. The number of rotatable bonds is 8. The normalized spacial score (nSPS) is 11.1. The third kappa shape index (κ3) is 7.23. The van der Waals surface area contributed by atoms with Gasteiger partial charge >= 0.3 is 0 Å². The van der Waals surface area contributed by atoms with E-state index in [2.05, 4.69) is 15.4 Å². The van der Waals surface area contributed by atoms with Gasteiger partial charge in [-0.1, -0.05) is 25.4 Å². The Balaban J connectivity index is 2.29. The van der Waals surface area contributed by atoms with E-state index in [9.17, 15) is 18.0 Å². The van der Waals surface area contributed by atoms with Crippen molar-refractivity contribution in [2.24, 2.45) is 5.92 Å². The van der Waals surface area contributed by atoms with Crippen LogP contribution in [0.15, 0.2) is 36.4 Å². The summed E-state index contributed by atoms with van der Waals surface area (Å²) in [6.45, 7) is 5.86. The number of hydrogen-bond donors (Lipinski definition) is 3. The highest BCUT2D eigenvalue weighted by Gasteiger charge is 2.17. The van der Waals surface area contributed by atoms with Gasteiger partial charge in [0.2, 0.25) is 15.9 Å². The number of sulfonamides is 1. The average molecular weight is 454 g/mol. The zero-order chi connectivity index (χ0) is 22.5. The van der Waals surface area contributed by atoms with Gasteiger partial charge in [-0.15, -0.1) is 0 Å². The molecule has 2 aromatic rings. The SMILES string of the molecule is CC(=O)Nc1ccc(NS(C)(=O)=O)c(C(=O)Nc2ccc(OCC(C)C)c(Cl)c2)c1. The van der Waals surface area contributed by atoms with E-state index in [4.69, 9.17) is 16.3 Å². The fraction of sp³-hybridized carbons (Fsp3) is 0.300. The minimum Gasteiger partial charge on any atom is -0.492 e. The largest absolute Gasteiger partial charge is 0.492 e. The number of carbonyl (C=O) groups is 2. The van der Waals surface area contributed by atoms with Crippen LogP contribution in [0, 0.1) is 5.92 Å². The summed E-state index contributed by atoms with van der Waals surface area (Å²) in [6, 6.07) is 9.08. The molecular formula is C20H24ClN3O5S. The van der Waals surface area contributed by atoms with Crippen LogP contribution in [0.4, 0.5) is 17.1 Å². The lowest BCUT2D eigenvalue weighted by molar-refractivity contribution is -0.114. The predicted molar refractivity (Wildman–Crippen MR) is 119 cm³/mol. The van der Waals surface area contributed by atoms with Crippen LogP contribution in [-0.4, -0.2) is 33.1 Å². The Bertz CT molecular complexity index is 1050. The Labute approximate surface area is 181 Å². The van der Waals surface area contributed by atoms with Crippen LogP contribution in [0.5, 0.6) is 5.75 Å². The van der Waals surface area contributed by atoms with Gasteiger partial charge < -0.3 is 15.4 Å². The maximum atomic E-state index is 12.8. The molecule has 2 rings (SSSR count). The molecule has 0 aliphatic carbocycles. The number of nitrogens with one attached hydrogen (secondary N) is 3. The van der Waals surface area contributed by atoms with Crippen molar-refractivity contribution >= 4 is 50.5 Å². The van der Waals surface area contributed by atoms with Crippen LogP contribution in [0.1, 0.15) is 31.1 Å². The van der Waals surface area contributed by atoms with Gasteiger partial charge in [-0.2, -0.15) is 0 Å². The topological polar surface area (TPSA) is 114 Å². The monoisotopic (exact) mass is 453 g/mol. The standard InChI is InChI=1S/C20H24ClN3O5S/c1-12(2)11-29-19-8-6-15(10-17(19)21)23-20(26)16-9-14(22-13(3)25)5-7-18(16)24-30(4,27)28/h5-10,12,24H,11H2,1-4H3,(H,22,25)(H,23,26). The van der Waals surface area contributed by atoms with Crippen LogP contribution >= 0.6 is 11.6 Å². The summed E-state index contributed by atoms with van der Waals surface area (Å²) in [4.78, 5) is 24.2. The van der Waals surface area contributed by atoms with Crippen molar-refractivity contribution in [3.63, 3.8) is 0 Å². The molecule has 2 amide bonds. The number of anilines is 3. The smallest absolute Gasteiger partial charge is 0.257 e. The van der Waals surface area contributed by atoms with Crippen LogP contribution < -0.4 is 20.1 Å². The van der Waals surface area contributed by atoms with Crippen LogP contribution in [0.2, 0.25) is 5.02 Å². The molecule has 0 spiro atoms. The molecule has 2 aromatic carbocycles. The second-order valence-corrected chi connectivity index (χ2v) is 9.28. The first-order valence-corrected chi connectivity index (χ1v) is 11.3. The molecule has 8 nitrogen and oxygen atoms in total. The number of amides is 2. The van der Waals surface area contributed by atoms with Crippen molar-refractivity contribution in [1.82, 2.24) is 0 Å². The number of hydrogen-bond acceptors (Lipinski definition) is 5. The van der Waals surface area contributed by atoms with E-state index in [1.54, 1.807) is 12.1 Å². The highest BCUT2D eigenvalue weighted by molar-refractivity contribution is 7.92. The number of benzene rings is 2. The number of halogens is 1. The van der Waals surface area contributed by atoms with Crippen molar-refractivity contribution in [1.29, 1.82) is 0 Å². The third-order valence-electron chi connectivity index (χ3n) is 3.64. The fourth-order valence-corrected chi connectivity index (χ4v) is 3.26. The van der Waals surface area contributed by atoms with E-state index in [-0.39, 0.29) is 17.2 Å². The highest BCUT2D eigenvalue weighted by Crippen LogP contribution is 2.29. The maximum Gasteiger partial charge on any atom is 0.257 e. The van der Waals surface area contributed by atoms with Gasteiger partial charge in [0, 0.05) is 18.3 Å². The zero-order valence-corrected chi connectivity index (χ0v) is 18.6.